The summed E-state index contributed by atoms with van der Waals surface area (Å²) >= 11 is 9.72. The fraction of sp³-hybridized carbons (Fsp3) is 0.259. The zero-order valence-electron chi connectivity index (χ0n) is 20.8. The molecule has 0 heterocycles. The standard InChI is InChI=1S/C27H29BrClN3O4S/c1-19(2)30-27(34)20(3)31(17-21-9-7-8-12-25(21)29)26(33)18-32(23-15-13-22(28)14-16-23)37(35,36)24-10-5-4-6-11-24/h4-16,19-20H,17-18H2,1-3H3,(H,30,34). The molecule has 196 valence electrons. The van der Waals surface area contributed by atoms with Crippen LogP contribution >= 0.6 is 27.5 Å². The average Bonchev–Trinajstić information content (AvgIpc) is 2.87. The summed E-state index contributed by atoms with van der Waals surface area (Å²) in [5.41, 5.74) is 0.959. The molecular formula is C27H29BrClN3O4S. The summed E-state index contributed by atoms with van der Waals surface area (Å²) in [7, 11) is -4.10. The van der Waals surface area contributed by atoms with Crippen molar-refractivity contribution in [3.63, 3.8) is 0 Å². The van der Waals surface area contributed by atoms with Crippen LogP contribution in [0.15, 0.2) is 88.2 Å². The third-order valence-corrected chi connectivity index (χ3v) is 8.31. The molecule has 7 nitrogen and oxygen atoms in total. The molecule has 3 rings (SSSR count). The molecule has 0 aliphatic rings. The Kier molecular flexibility index (Phi) is 9.75. The molecule has 0 saturated heterocycles. The SMILES string of the molecule is CC(C)NC(=O)C(C)N(Cc1ccccc1Cl)C(=O)CN(c1ccc(Br)cc1)S(=O)(=O)c1ccccc1. The molecule has 37 heavy (non-hydrogen) atoms. The van der Waals surface area contributed by atoms with Gasteiger partial charge in [-0.05, 0) is 68.8 Å². The lowest BCUT2D eigenvalue weighted by Crippen LogP contribution is -2.52. The maximum absolute atomic E-state index is 13.8. The number of nitrogens with zero attached hydrogens (tertiary/aromatic N) is 2. The minimum atomic E-state index is -4.10. The normalized spacial score (nSPS) is 12.2. The number of carbonyl (C=O) groups is 2. The quantitative estimate of drug-likeness (QED) is 0.342. The van der Waals surface area contributed by atoms with E-state index in [1.54, 1.807) is 73.7 Å². The van der Waals surface area contributed by atoms with E-state index in [0.717, 1.165) is 8.78 Å². The topological polar surface area (TPSA) is 86.8 Å². The van der Waals surface area contributed by atoms with Crippen LogP contribution in [0.1, 0.15) is 26.3 Å². The number of anilines is 1. The first-order chi connectivity index (χ1) is 17.5. The van der Waals surface area contributed by atoms with E-state index in [-0.39, 0.29) is 23.4 Å². The van der Waals surface area contributed by atoms with Gasteiger partial charge < -0.3 is 10.2 Å². The van der Waals surface area contributed by atoms with Crippen molar-refractivity contribution in [1.82, 2.24) is 10.2 Å². The van der Waals surface area contributed by atoms with Gasteiger partial charge in [0.1, 0.15) is 12.6 Å². The lowest BCUT2D eigenvalue weighted by molar-refractivity contribution is -0.139. The molecule has 1 atom stereocenters. The van der Waals surface area contributed by atoms with Crippen LogP contribution in [0.25, 0.3) is 0 Å². The molecule has 10 heteroatoms. The molecule has 3 aromatic rings. The van der Waals surface area contributed by atoms with Gasteiger partial charge in [0.05, 0.1) is 10.6 Å². The Hall–Kier alpha value is -2.88. The Morgan fingerprint density at radius 2 is 1.51 bits per heavy atom. The van der Waals surface area contributed by atoms with Gasteiger partial charge in [-0.15, -0.1) is 0 Å². The van der Waals surface area contributed by atoms with E-state index >= 15 is 0 Å². The molecular weight excluding hydrogens is 578 g/mol. The lowest BCUT2D eigenvalue weighted by atomic mass is 10.1. The van der Waals surface area contributed by atoms with Crippen molar-refractivity contribution in [1.29, 1.82) is 0 Å². The fourth-order valence-electron chi connectivity index (χ4n) is 3.65. The van der Waals surface area contributed by atoms with Gasteiger partial charge in [0.15, 0.2) is 0 Å². The predicted molar refractivity (Wildman–Crippen MR) is 150 cm³/mol. The summed E-state index contributed by atoms with van der Waals surface area (Å²) in [4.78, 5) is 28.1. The van der Waals surface area contributed by atoms with Gasteiger partial charge >= 0.3 is 0 Å². The number of rotatable bonds is 10. The Balaban J connectivity index is 2.02. The van der Waals surface area contributed by atoms with E-state index in [1.807, 2.05) is 13.8 Å². The van der Waals surface area contributed by atoms with Gasteiger partial charge in [-0.1, -0.05) is 63.9 Å². The zero-order chi connectivity index (χ0) is 27.2. The summed E-state index contributed by atoms with van der Waals surface area (Å²) in [6.45, 7) is 4.79. The second kappa shape index (κ2) is 12.6. The average molecular weight is 607 g/mol. The summed E-state index contributed by atoms with van der Waals surface area (Å²) in [5.74, 6) is -0.898. The predicted octanol–water partition coefficient (Wildman–Crippen LogP) is 5.24. The number of sulfonamides is 1. The highest BCUT2D eigenvalue weighted by Gasteiger charge is 2.32. The molecule has 0 aliphatic carbocycles. The summed E-state index contributed by atoms with van der Waals surface area (Å²) < 4.78 is 29.2. The minimum absolute atomic E-state index is 0.0325. The van der Waals surface area contributed by atoms with E-state index in [1.165, 1.54) is 17.0 Å². The molecule has 3 aromatic carbocycles. The molecule has 0 spiro atoms. The van der Waals surface area contributed by atoms with Gasteiger partial charge in [-0.25, -0.2) is 8.42 Å². The third-order valence-electron chi connectivity index (χ3n) is 5.62. The van der Waals surface area contributed by atoms with E-state index < -0.39 is 28.5 Å². The zero-order valence-corrected chi connectivity index (χ0v) is 23.9. The second-order valence-corrected chi connectivity index (χ2v) is 11.9. The number of halogens is 2. The van der Waals surface area contributed by atoms with Crippen molar-refractivity contribution < 1.29 is 18.0 Å². The van der Waals surface area contributed by atoms with Crippen molar-refractivity contribution >= 4 is 55.1 Å². The highest BCUT2D eigenvalue weighted by molar-refractivity contribution is 9.10. The van der Waals surface area contributed by atoms with Crippen LogP contribution in [0.3, 0.4) is 0 Å². The maximum atomic E-state index is 13.8. The highest BCUT2D eigenvalue weighted by atomic mass is 79.9. The largest absolute Gasteiger partial charge is 0.352 e. The molecule has 0 saturated carbocycles. The molecule has 0 aromatic heterocycles. The molecule has 0 bridgehead atoms. The molecule has 1 N–H and O–H groups in total. The van der Waals surface area contributed by atoms with Crippen molar-refractivity contribution in [3.8, 4) is 0 Å². The Bertz CT molecular complexity index is 1340. The molecule has 2 amide bonds. The van der Waals surface area contributed by atoms with Gasteiger partial charge in [-0.3, -0.25) is 13.9 Å². The van der Waals surface area contributed by atoms with Gasteiger partial charge in [0.25, 0.3) is 10.0 Å². The number of benzene rings is 3. The number of amides is 2. The van der Waals surface area contributed by atoms with Crippen molar-refractivity contribution in [2.75, 3.05) is 10.8 Å². The van der Waals surface area contributed by atoms with Crippen LogP contribution in [0.5, 0.6) is 0 Å². The van der Waals surface area contributed by atoms with Crippen LogP contribution in [0, 0.1) is 0 Å². The summed E-state index contributed by atoms with van der Waals surface area (Å²) in [6, 6.07) is 20.6. The van der Waals surface area contributed by atoms with Crippen LogP contribution in [0.4, 0.5) is 5.69 Å². The summed E-state index contributed by atoms with van der Waals surface area (Å²) in [6.07, 6.45) is 0. The van der Waals surface area contributed by atoms with Crippen molar-refractivity contribution in [3.05, 3.63) is 93.9 Å². The molecule has 1 unspecified atom stereocenters. The van der Waals surface area contributed by atoms with Gasteiger partial charge in [0, 0.05) is 22.1 Å². The van der Waals surface area contributed by atoms with Gasteiger partial charge in [-0.2, -0.15) is 0 Å². The highest BCUT2D eigenvalue weighted by Crippen LogP contribution is 2.26. The van der Waals surface area contributed by atoms with Crippen LogP contribution < -0.4 is 9.62 Å². The van der Waals surface area contributed by atoms with Crippen LogP contribution in [0.2, 0.25) is 5.02 Å². The second-order valence-electron chi connectivity index (χ2n) is 8.75. The smallest absolute Gasteiger partial charge is 0.264 e. The first kappa shape index (κ1) is 28.7. The number of carbonyl (C=O) groups excluding carboxylic acids is 2. The Morgan fingerprint density at radius 1 is 0.919 bits per heavy atom. The number of hydrogen-bond acceptors (Lipinski definition) is 4. The Morgan fingerprint density at radius 3 is 2.11 bits per heavy atom. The maximum Gasteiger partial charge on any atom is 0.264 e. The molecule has 0 aliphatic heterocycles. The molecule has 0 radical (unpaired) electrons. The first-order valence-corrected chi connectivity index (χ1v) is 14.3. The van der Waals surface area contributed by atoms with Crippen molar-refractivity contribution in [2.45, 2.75) is 44.3 Å². The van der Waals surface area contributed by atoms with Gasteiger partial charge in [0.2, 0.25) is 11.8 Å². The van der Waals surface area contributed by atoms with E-state index in [0.29, 0.717) is 16.3 Å². The van der Waals surface area contributed by atoms with E-state index in [2.05, 4.69) is 21.2 Å². The monoisotopic (exact) mass is 605 g/mol. The van der Waals surface area contributed by atoms with Crippen LogP contribution in [-0.4, -0.2) is 43.8 Å². The number of hydrogen-bond donors (Lipinski definition) is 1. The minimum Gasteiger partial charge on any atom is -0.352 e. The molecule has 0 fully saturated rings. The van der Waals surface area contributed by atoms with Crippen LogP contribution in [-0.2, 0) is 26.2 Å². The first-order valence-electron chi connectivity index (χ1n) is 11.7. The third kappa shape index (κ3) is 7.34. The summed E-state index contributed by atoms with van der Waals surface area (Å²) in [5, 5.41) is 3.27. The number of nitrogens with one attached hydrogen (secondary N) is 1. The van der Waals surface area contributed by atoms with E-state index in [4.69, 9.17) is 11.6 Å². The van der Waals surface area contributed by atoms with E-state index in [9.17, 15) is 18.0 Å². The fourth-order valence-corrected chi connectivity index (χ4v) is 5.55. The lowest BCUT2D eigenvalue weighted by Gasteiger charge is -2.32. The Labute approximate surface area is 231 Å². The van der Waals surface area contributed by atoms with Crippen molar-refractivity contribution in [2.24, 2.45) is 0 Å².